The van der Waals surface area contributed by atoms with Crippen molar-refractivity contribution in [3.05, 3.63) is 24.0 Å². The molecule has 0 radical (unpaired) electrons. The number of nitrogens with two attached hydrogens (primary N) is 2. The topological polar surface area (TPSA) is 69.1 Å². The van der Waals surface area contributed by atoms with E-state index in [0.717, 1.165) is 0 Å². The molecule has 0 aliphatic rings. The van der Waals surface area contributed by atoms with Gasteiger partial charge in [0.05, 0.1) is 5.69 Å². The molecule has 0 atom stereocenters. The van der Waals surface area contributed by atoms with Crippen LogP contribution in [-0.4, -0.2) is 16.7 Å². The molecule has 13 heavy (non-hydrogen) atoms. The van der Waals surface area contributed by atoms with E-state index in [1.165, 1.54) is 12.1 Å². The Labute approximate surface area is 79.4 Å². The summed E-state index contributed by atoms with van der Waals surface area (Å²) in [5.41, 5.74) is 10.9. The van der Waals surface area contributed by atoms with Crippen LogP contribution >= 0.6 is 0 Å². The lowest BCUT2D eigenvalue weighted by Crippen LogP contribution is -1.92. The van der Waals surface area contributed by atoms with E-state index in [0.29, 0.717) is 5.69 Å². The Morgan fingerprint density at radius 3 is 2.08 bits per heavy atom. The van der Waals surface area contributed by atoms with E-state index in [2.05, 4.69) is 0 Å². The number of hydrogen-bond donors (Lipinski definition) is 2. The average molecular weight is 204 g/mol. The fourth-order valence-corrected chi connectivity index (χ4v) is 0.543. The summed E-state index contributed by atoms with van der Waals surface area (Å²) in [6.07, 6.45) is 3.28. The number of hydrogen-bond acceptors (Lipinski definition) is 3. The zero-order chi connectivity index (χ0) is 10.4. The number of nitrogen functional groups attached to an aromatic ring is 2. The highest BCUT2D eigenvalue weighted by Crippen LogP contribution is 2.12. The van der Waals surface area contributed by atoms with Crippen molar-refractivity contribution in [2.45, 2.75) is 0 Å². The van der Waals surface area contributed by atoms with E-state index in [1.54, 1.807) is 18.6 Å². The molecule has 0 amide bonds. The zero-order valence-electron chi connectivity index (χ0n) is 7.58. The summed E-state index contributed by atoms with van der Waals surface area (Å²) in [4.78, 5) is 0. The van der Waals surface area contributed by atoms with Crippen LogP contribution in [0.15, 0.2) is 18.2 Å². The monoisotopic (exact) mass is 204 g/mol. The van der Waals surface area contributed by atoms with E-state index >= 15 is 0 Å². The lowest BCUT2D eigenvalue weighted by Gasteiger charge is -1.95. The van der Waals surface area contributed by atoms with Gasteiger partial charge in [-0.1, -0.05) is 0 Å². The Balaban J connectivity index is 0.000000310. The Hall–Kier alpha value is -1.10. The molecule has 1 rings (SSSR count). The molecule has 74 valence electrons. The molecule has 0 saturated carbocycles. The van der Waals surface area contributed by atoms with Gasteiger partial charge in [0, 0.05) is 29.0 Å². The molecule has 1 aromatic carbocycles. The fraction of sp³-hybridized carbons (Fsp3) is 0.250. The lowest BCUT2D eigenvalue weighted by molar-refractivity contribution is 0.633. The summed E-state index contributed by atoms with van der Waals surface area (Å²) in [6.45, 7) is 0. The molecule has 5 heteroatoms. The molecule has 0 bridgehead atoms. The van der Waals surface area contributed by atoms with Crippen molar-refractivity contribution in [3.63, 3.8) is 0 Å². The largest absolute Gasteiger partial charge is 0.399 e. The third-order valence-corrected chi connectivity index (χ3v) is 1.02. The maximum Gasteiger partial charge on any atom is 0.148 e. The van der Waals surface area contributed by atoms with Gasteiger partial charge in [-0.05, 0) is 18.2 Å². The number of halogens is 1. The minimum Gasteiger partial charge on any atom is -0.399 e. The number of rotatable bonds is 0. The predicted octanol–water partition coefficient (Wildman–Crippen LogP) is 0.985. The summed E-state index contributed by atoms with van der Waals surface area (Å²) >= 11 is 0. The van der Waals surface area contributed by atoms with Gasteiger partial charge < -0.3 is 11.5 Å². The van der Waals surface area contributed by atoms with Gasteiger partial charge in [0.15, 0.2) is 0 Å². The minimum absolute atomic E-state index is 0.129. The zero-order valence-corrected chi connectivity index (χ0v) is 8.40. The van der Waals surface area contributed by atoms with Crippen LogP contribution in [0.3, 0.4) is 0 Å². The second-order valence-electron chi connectivity index (χ2n) is 2.52. The number of anilines is 2. The Morgan fingerprint density at radius 2 is 1.77 bits per heavy atom. The van der Waals surface area contributed by atoms with E-state index in [9.17, 15) is 8.60 Å². The van der Waals surface area contributed by atoms with Crippen LogP contribution in [0.2, 0.25) is 0 Å². The Morgan fingerprint density at radius 1 is 1.31 bits per heavy atom. The molecular formula is C8H13FN2OS. The highest BCUT2D eigenvalue weighted by atomic mass is 32.2. The van der Waals surface area contributed by atoms with Crippen molar-refractivity contribution >= 4 is 22.2 Å². The van der Waals surface area contributed by atoms with Crippen LogP contribution in [0.4, 0.5) is 15.8 Å². The summed E-state index contributed by atoms with van der Waals surface area (Å²) in [6, 6.07) is 4.18. The normalized spacial score (nSPS) is 9.23. The van der Waals surface area contributed by atoms with Crippen molar-refractivity contribution < 1.29 is 8.60 Å². The van der Waals surface area contributed by atoms with Crippen molar-refractivity contribution in [1.29, 1.82) is 0 Å². The van der Waals surface area contributed by atoms with Crippen LogP contribution in [0.1, 0.15) is 0 Å². The molecule has 0 aliphatic heterocycles. The van der Waals surface area contributed by atoms with E-state index < -0.39 is 16.6 Å². The van der Waals surface area contributed by atoms with Gasteiger partial charge in [0.25, 0.3) is 0 Å². The number of benzene rings is 1. The second kappa shape index (κ2) is 5.53. The van der Waals surface area contributed by atoms with Crippen LogP contribution in [0, 0.1) is 5.82 Å². The molecule has 0 spiro atoms. The van der Waals surface area contributed by atoms with Crippen molar-refractivity contribution in [2.75, 3.05) is 24.0 Å². The van der Waals surface area contributed by atoms with E-state index in [-0.39, 0.29) is 5.69 Å². The van der Waals surface area contributed by atoms with Gasteiger partial charge in [0.1, 0.15) is 5.82 Å². The molecule has 0 saturated heterocycles. The molecule has 3 nitrogen and oxygen atoms in total. The van der Waals surface area contributed by atoms with Crippen LogP contribution in [0.5, 0.6) is 0 Å². The Bertz CT molecular complexity index is 300. The average Bonchev–Trinajstić information content (AvgIpc) is 1.96. The molecule has 0 fully saturated rings. The molecule has 0 unspecified atom stereocenters. The SMILES string of the molecule is CS(C)=O.Nc1ccc(N)c(F)c1. The van der Waals surface area contributed by atoms with Crippen LogP contribution in [-0.2, 0) is 10.8 Å². The first-order chi connectivity index (χ1) is 5.93. The van der Waals surface area contributed by atoms with Crippen molar-refractivity contribution in [2.24, 2.45) is 0 Å². The maximum absolute atomic E-state index is 12.4. The summed E-state index contributed by atoms with van der Waals surface area (Å²) < 4.78 is 21.9. The first-order valence-electron chi connectivity index (χ1n) is 3.49. The minimum atomic E-state index is -0.611. The first kappa shape index (κ1) is 11.9. The van der Waals surface area contributed by atoms with Gasteiger partial charge >= 0.3 is 0 Å². The highest BCUT2D eigenvalue weighted by molar-refractivity contribution is 7.83. The van der Waals surface area contributed by atoms with Gasteiger partial charge in [0.2, 0.25) is 0 Å². The summed E-state index contributed by atoms with van der Waals surface area (Å²) in [5.74, 6) is -0.463. The molecule has 0 aromatic heterocycles. The van der Waals surface area contributed by atoms with Gasteiger partial charge in [-0.15, -0.1) is 0 Å². The highest BCUT2D eigenvalue weighted by Gasteiger charge is 1.94. The maximum atomic E-state index is 12.4. The van der Waals surface area contributed by atoms with Crippen molar-refractivity contribution in [3.8, 4) is 0 Å². The standard InChI is InChI=1S/C6H7FN2.C2H6OS/c7-5-3-4(8)1-2-6(5)9;1-4(2)3/h1-3H,8-9H2;1-2H3. The molecule has 1 aromatic rings. The third kappa shape index (κ3) is 6.10. The van der Waals surface area contributed by atoms with Crippen molar-refractivity contribution in [1.82, 2.24) is 0 Å². The fourth-order valence-electron chi connectivity index (χ4n) is 0.543. The lowest BCUT2D eigenvalue weighted by atomic mass is 10.3. The van der Waals surface area contributed by atoms with Gasteiger partial charge in [-0.25, -0.2) is 4.39 Å². The first-order valence-corrected chi connectivity index (χ1v) is 5.45. The summed E-state index contributed by atoms with van der Waals surface area (Å²) in [5, 5.41) is 0. The third-order valence-electron chi connectivity index (χ3n) is 1.02. The summed E-state index contributed by atoms with van der Waals surface area (Å²) in [7, 11) is -0.611. The molecule has 4 N–H and O–H groups in total. The molecule has 0 aliphatic carbocycles. The van der Waals surface area contributed by atoms with Gasteiger partial charge in [-0.2, -0.15) is 0 Å². The quantitative estimate of drug-likeness (QED) is 0.619. The molecular weight excluding hydrogens is 191 g/mol. The second-order valence-corrected chi connectivity index (χ2v) is 4.01. The van der Waals surface area contributed by atoms with Crippen LogP contribution < -0.4 is 11.5 Å². The smallest absolute Gasteiger partial charge is 0.148 e. The predicted molar refractivity (Wildman–Crippen MR) is 55.2 cm³/mol. The Kier molecular flexibility index (Phi) is 5.06. The van der Waals surface area contributed by atoms with E-state index in [1.807, 2.05) is 0 Å². The van der Waals surface area contributed by atoms with E-state index in [4.69, 9.17) is 11.5 Å². The van der Waals surface area contributed by atoms with Crippen LogP contribution in [0.25, 0.3) is 0 Å². The molecule has 0 heterocycles. The van der Waals surface area contributed by atoms with Gasteiger partial charge in [-0.3, -0.25) is 4.21 Å².